The van der Waals surface area contributed by atoms with Crippen molar-refractivity contribution in [1.29, 1.82) is 0 Å². The molecular formula is C21H27ClN2O3. The normalized spacial score (nSPS) is 13.6. The van der Waals surface area contributed by atoms with E-state index in [9.17, 15) is 9.59 Å². The number of methoxy groups -OCH3 is 1. The molecule has 2 aromatic rings. The largest absolute Gasteiger partial charge is 0.469 e. The number of hydrogen-bond donors (Lipinski definition) is 2. The summed E-state index contributed by atoms with van der Waals surface area (Å²) in [6.45, 7) is 1.81. The molecule has 5 nitrogen and oxygen atoms in total. The van der Waals surface area contributed by atoms with Crippen LogP contribution in [0.25, 0.3) is 0 Å². The van der Waals surface area contributed by atoms with E-state index in [1.165, 1.54) is 7.11 Å². The molecule has 2 rings (SSSR count). The second-order valence-corrected chi connectivity index (χ2v) is 6.31. The van der Waals surface area contributed by atoms with Crippen LogP contribution in [0.3, 0.4) is 0 Å². The highest BCUT2D eigenvalue weighted by molar-refractivity contribution is 5.85. The molecule has 0 bridgehead atoms. The highest BCUT2D eigenvalue weighted by Gasteiger charge is 2.25. The van der Waals surface area contributed by atoms with Gasteiger partial charge in [-0.2, -0.15) is 0 Å². The van der Waals surface area contributed by atoms with E-state index >= 15 is 0 Å². The standard InChI is InChI=1S/C21H26N2O3.ClH/c1-15(20(22)17-11-7-4-8-12-17)21(25)23-18(13-14-19(24)26-2)16-9-5-3-6-10-16;/h3-12,15,18,20H,13-14,22H2,1-2H3,(H,23,25);1H. The summed E-state index contributed by atoms with van der Waals surface area (Å²) in [5.41, 5.74) is 8.13. The number of carbonyl (C=O) groups excluding carboxylic acids is 2. The Morgan fingerprint density at radius 1 is 1.00 bits per heavy atom. The topological polar surface area (TPSA) is 81.4 Å². The smallest absolute Gasteiger partial charge is 0.305 e. The summed E-state index contributed by atoms with van der Waals surface area (Å²) in [5.74, 6) is -0.837. The van der Waals surface area contributed by atoms with E-state index in [0.717, 1.165) is 11.1 Å². The fourth-order valence-electron chi connectivity index (χ4n) is 2.80. The summed E-state index contributed by atoms with van der Waals surface area (Å²) >= 11 is 0. The number of nitrogens with two attached hydrogens (primary N) is 1. The number of nitrogens with one attached hydrogen (secondary N) is 1. The third-order valence-electron chi connectivity index (χ3n) is 4.52. The zero-order valence-corrected chi connectivity index (χ0v) is 16.4. The number of hydrogen-bond acceptors (Lipinski definition) is 4. The first-order valence-corrected chi connectivity index (χ1v) is 8.75. The number of halogens is 1. The van der Waals surface area contributed by atoms with Gasteiger partial charge in [0.2, 0.25) is 5.91 Å². The van der Waals surface area contributed by atoms with Crippen LogP contribution < -0.4 is 11.1 Å². The zero-order chi connectivity index (χ0) is 18.9. The van der Waals surface area contributed by atoms with Crippen molar-refractivity contribution in [3.8, 4) is 0 Å². The Hall–Kier alpha value is -2.37. The maximum Gasteiger partial charge on any atom is 0.305 e. The molecule has 0 heterocycles. The molecule has 0 saturated carbocycles. The summed E-state index contributed by atoms with van der Waals surface area (Å²) in [5, 5.41) is 3.04. The van der Waals surface area contributed by atoms with Gasteiger partial charge in [-0.05, 0) is 17.5 Å². The highest BCUT2D eigenvalue weighted by atomic mass is 35.5. The van der Waals surface area contributed by atoms with Gasteiger partial charge in [0.25, 0.3) is 0 Å². The molecule has 0 aliphatic heterocycles. The molecule has 2 aromatic carbocycles. The molecule has 0 aliphatic rings. The number of amides is 1. The maximum absolute atomic E-state index is 12.7. The van der Waals surface area contributed by atoms with Crippen LogP contribution in [-0.4, -0.2) is 19.0 Å². The van der Waals surface area contributed by atoms with Crippen molar-refractivity contribution in [2.75, 3.05) is 7.11 Å². The Morgan fingerprint density at radius 2 is 1.52 bits per heavy atom. The highest BCUT2D eigenvalue weighted by Crippen LogP contribution is 2.23. The second kappa shape index (κ2) is 11.4. The predicted octanol–water partition coefficient (Wildman–Crippen LogP) is 3.56. The Balaban J connectivity index is 0.00000364. The monoisotopic (exact) mass is 390 g/mol. The number of benzene rings is 2. The first-order valence-electron chi connectivity index (χ1n) is 8.75. The molecular weight excluding hydrogens is 364 g/mol. The number of carbonyl (C=O) groups is 2. The quantitative estimate of drug-likeness (QED) is 0.675. The number of ether oxygens (including phenoxy) is 1. The van der Waals surface area contributed by atoms with Crippen LogP contribution in [0.4, 0.5) is 0 Å². The summed E-state index contributed by atoms with van der Waals surface area (Å²) in [6, 6.07) is 18.5. The van der Waals surface area contributed by atoms with Crippen molar-refractivity contribution >= 4 is 24.3 Å². The molecule has 6 heteroatoms. The fourth-order valence-corrected chi connectivity index (χ4v) is 2.80. The van der Waals surface area contributed by atoms with Gasteiger partial charge < -0.3 is 15.8 Å². The van der Waals surface area contributed by atoms with Crippen molar-refractivity contribution in [3.63, 3.8) is 0 Å². The van der Waals surface area contributed by atoms with E-state index in [0.29, 0.717) is 6.42 Å². The lowest BCUT2D eigenvalue weighted by Gasteiger charge is -2.24. The molecule has 3 unspecified atom stereocenters. The third-order valence-corrected chi connectivity index (χ3v) is 4.52. The second-order valence-electron chi connectivity index (χ2n) is 6.31. The van der Waals surface area contributed by atoms with Crippen LogP contribution in [0, 0.1) is 5.92 Å². The van der Waals surface area contributed by atoms with Gasteiger partial charge in [0.1, 0.15) is 0 Å². The van der Waals surface area contributed by atoms with E-state index in [4.69, 9.17) is 10.5 Å². The minimum Gasteiger partial charge on any atom is -0.469 e. The minimum absolute atomic E-state index is 0. The molecule has 3 atom stereocenters. The van der Waals surface area contributed by atoms with Crippen molar-refractivity contribution < 1.29 is 14.3 Å². The molecule has 1 amide bonds. The fraction of sp³-hybridized carbons (Fsp3) is 0.333. The van der Waals surface area contributed by atoms with Crippen molar-refractivity contribution in [3.05, 3.63) is 71.8 Å². The molecule has 0 fully saturated rings. The zero-order valence-electron chi connectivity index (χ0n) is 15.6. The first-order chi connectivity index (χ1) is 12.5. The molecule has 146 valence electrons. The van der Waals surface area contributed by atoms with Crippen molar-refractivity contribution in [2.45, 2.75) is 31.8 Å². The van der Waals surface area contributed by atoms with Crippen LogP contribution >= 0.6 is 12.4 Å². The first kappa shape index (κ1) is 22.7. The SMILES string of the molecule is COC(=O)CCC(NC(=O)C(C)C(N)c1ccccc1)c1ccccc1.Cl. The van der Waals surface area contributed by atoms with E-state index in [2.05, 4.69) is 5.32 Å². The van der Waals surface area contributed by atoms with E-state index in [1.807, 2.05) is 67.6 Å². The van der Waals surface area contributed by atoms with Gasteiger partial charge in [0, 0.05) is 12.5 Å². The molecule has 0 aromatic heterocycles. The van der Waals surface area contributed by atoms with Crippen molar-refractivity contribution in [1.82, 2.24) is 5.32 Å². The van der Waals surface area contributed by atoms with Gasteiger partial charge in [-0.25, -0.2) is 0 Å². The maximum atomic E-state index is 12.7. The molecule has 0 saturated heterocycles. The lowest BCUT2D eigenvalue weighted by atomic mass is 9.93. The van der Waals surface area contributed by atoms with E-state index in [1.54, 1.807) is 0 Å². The Kier molecular flexibility index (Phi) is 9.54. The van der Waals surface area contributed by atoms with Crippen LogP contribution in [-0.2, 0) is 14.3 Å². The average molecular weight is 391 g/mol. The minimum atomic E-state index is -0.401. The van der Waals surface area contributed by atoms with Crippen LogP contribution in [0.15, 0.2) is 60.7 Å². The Morgan fingerprint density at radius 3 is 2.04 bits per heavy atom. The molecule has 3 N–H and O–H groups in total. The van der Waals surface area contributed by atoms with E-state index < -0.39 is 12.0 Å². The predicted molar refractivity (Wildman–Crippen MR) is 108 cm³/mol. The summed E-state index contributed by atoms with van der Waals surface area (Å²) in [4.78, 5) is 24.3. The van der Waals surface area contributed by atoms with Crippen LogP contribution in [0.5, 0.6) is 0 Å². The summed E-state index contributed by atoms with van der Waals surface area (Å²) in [7, 11) is 1.36. The Labute approximate surface area is 166 Å². The molecule has 0 radical (unpaired) electrons. The van der Waals surface area contributed by atoms with Crippen LogP contribution in [0.2, 0.25) is 0 Å². The summed E-state index contributed by atoms with van der Waals surface area (Å²) in [6.07, 6.45) is 0.700. The Bertz CT molecular complexity index is 710. The third kappa shape index (κ3) is 6.70. The van der Waals surface area contributed by atoms with Gasteiger partial charge >= 0.3 is 5.97 Å². The van der Waals surface area contributed by atoms with Gasteiger partial charge in [-0.3, -0.25) is 9.59 Å². The van der Waals surface area contributed by atoms with Gasteiger partial charge in [0.15, 0.2) is 0 Å². The van der Waals surface area contributed by atoms with Gasteiger partial charge in [-0.15, -0.1) is 12.4 Å². The van der Waals surface area contributed by atoms with Gasteiger partial charge in [0.05, 0.1) is 19.1 Å². The van der Waals surface area contributed by atoms with E-state index in [-0.39, 0.29) is 36.7 Å². The van der Waals surface area contributed by atoms with Gasteiger partial charge in [-0.1, -0.05) is 67.6 Å². The average Bonchev–Trinajstić information content (AvgIpc) is 2.70. The molecule has 0 spiro atoms. The van der Waals surface area contributed by atoms with Crippen molar-refractivity contribution in [2.24, 2.45) is 11.7 Å². The summed E-state index contributed by atoms with van der Waals surface area (Å²) < 4.78 is 4.71. The van der Waals surface area contributed by atoms with Crippen LogP contribution in [0.1, 0.15) is 43.0 Å². The molecule has 0 aliphatic carbocycles. The lowest BCUT2D eigenvalue weighted by Crippen LogP contribution is -2.38. The molecule has 27 heavy (non-hydrogen) atoms. The number of esters is 1. The lowest BCUT2D eigenvalue weighted by molar-refractivity contribution is -0.141. The number of rotatable bonds is 8.